The molecule has 0 bridgehead atoms. The van der Waals surface area contributed by atoms with Crippen molar-refractivity contribution in [2.75, 3.05) is 27.3 Å². The molecular formula is C14H18N2O3. The van der Waals surface area contributed by atoms with Crippen LogP contribution in [-0.2, 0) is 11.3 Å². The van der Waals surface area contributed by atoms with E-state index in [0.29, 0.717) is 24.6 Å². The molecule has 0 spiro atoms. The van der Waals surface area contributed by atoms with Crippen LogP contribution in [0.3, 0.4) is 0 Å². The summed E-state index contributed by atoms with van der Waals surface area (Å²) >= 11 is 0. The molecular weight excluding hydrogens is 244 g/mol. The Balaban J connectivity index is 2.49. The number of nitrogens with one attached hydrogen (secondary N) is 2. The van der Waals surface area contributed by atoms with Crippen LogP contribution in [0.25, 0.3) is 0 Å². The van der Waals surface area contributed by atoms with Gasteiger partial charge in [0, 0.05) is 6.54 Å². The Morgan fingerprint density at radius 3 is 2.68 bits per heavy atom. The fourth-order valence-corrected chi connectivity index (χ4v) is 1.50. The summed E-state index contributed by atoms with van der Waals surface area (Å²) in [6, 6.07) is 5.50. The Morgan fingerprint density at radius 2 is 2.05 bits per heavy atom. The first-order valence-electron chi connectivity index (χ1n) is 5.83. The molecule has 0 atom stereocenters. The van der Waals surface area contributed by atoms with Gasteiger partial charge in [-0.05, 0) is 17.7 Å². The minimum Gasteiger partial charge on any atom is -0.493 e. The molecule has 1 amide bonds. The van der Waals surface area contributed by atoms with Crippen LogP contribution in [0.4, 0.5) is 0 Å². The third kappa shape index (κ3) is 4.90. The third-order valence-corrected chi connectivity index (χ3v) is 2.45. The van der Waals surface area contributed by atoms with Crippen LogP contribution in [0.5, 0.6) is 11.5 Å². The first kappa shape index (κ1) is 14.9. The summed E-state index contributed by atoms with van der Waals surface area (Å²) in [5, 5.41) is 5.60. The van der Waals surface area contributed by atoms with Gasteiger partial charge in [-0.25, -0.2) is 0 Å². The number of hydrogen-bond acceptors (Lipinski definition) is 4. The minimum absolute atomic E-state index is 0.106. The standard InChI is InChI=1S/C14H18N2O3/c1-4-7-15-10-14(17)16-9-11-5-6-12(18-2)13(8-11)19-3/h1,5-6,8,15H,7,9-10H2,2-3H3,(H,16,17). The van der Waals surface area contributed by atoms with Gasteiger partial charge in [-0.3, -0.25) is 10.1 Å². The van der Waals surface area contributed by atoms with Crippen LogP contribution < -0.4 is 20.1 Å². The van der Waals surface area contributed by atoms with Crippen LogP contribution in [0, 0.1) is 12.3 Å². The lowest BCUT2D eigenvalue weighted by atomic mass is 10.2. The van der Waals surface area contributed by atoms with Crippen LogP contribution >= 0.6 is 0 Å². The first-order valence-corrected chi connectivity index (χ1v) is 5.83. The predicted octanol–water partition coefficient (Wildman–Crippen LogP) is 0.543. The van der Waals surface area contributed by atoms with Crippen molar-refractivity contribution in [2.24, 2.45) is 0 Å². The molecule has 0 fully saturated rings. The Hall–Kier alpha value is -2.19. The van der Waals surface area contributed by atoms with E-state index in [1.165, 1.54) is 0 Å². The number of carbonyl (C=O) groups excluding carboxylic acids is 1. The highest BCUT2D eigenvalue weighted by molar-refractivity contribution is 5.78. The van der Waals surface area contributed by atoms with Crippen molar-refractivity contribution in [3.8, 4) is 23.8 Å². The number of ether oxygens (including phenoxy) is 2. The highest BCUT2D eigenvalue weighted by Gasteiger charge is 2.05. The summed E-state index contributed by atoms with van der Waals surface area (Å²) in [5.41, 5.74) is 0.933. The smallest absolute Gasteiger partial charge is 0.234 e. The lowest BCUT2D eigenvalue weighted by molar-refractivity contribution is -0.120. The SMILES string of the molecule is C#CCNCC(=O)NCc1ccc(OC)c(OC)c1. The van der Waals surface area contributed by atoms with E-state index in [1.54, 1.807) is 20.3 Å². The van der Waals surface area contributed by atoms with Crippen molar-refractivity contribution in [2.45, 2.75) is 6.54 Å². The van der Waals surface area contributed by atoms with E-state index in [-0.39, 0.29) is 12.5 Å². The number of carbonyl (C=O) groups is 1. The molecule has 0 heterocycles. The van der Waals surface area contributed by atoms with Gasteiger partial charge >= 0.3 is 0 Å². The molecule has 1 aromatic rings. The molecule has 102 valence electrons. The van der Waals surface area contributed by atoms with Gasteiger partial charge in [0.05, 0.1) is 27.3 Å². The van der Waals surface area contributed by atoms with Gasteiger partial charge in [-0.2, -0.15) is 0 Å². The molecule has 1 aromatic carbocycles. The lowest BCUT2D eigenvalue weighted by Gasteiger charge is -2.10. The van der Waals surface area contributed by atoms with Gasteiger partial charge < -0.3 is 14.8 Å². The molecule has 0 aliphatic rings. The summed E-state index contributed by atoms with van der Waals surface area (Å²) in [6.45, 7) is 1.01. The average molecular weight is 262 g/mol. The fraction of sp³-hybridized carbons (Fsp3) is 0.357. The predicted molar refractivity (Wildman–Crippen MR) is 73.1 cm³/mol. The Morgan fingerprint density at radius 1 is 1.32 bits per heavy atom. The van der Waals surface area contributed by atoms with E-state index in [1.807, 2.05) is 12.1 Å². The van der Waals surface area contributed by atoms with Crippen molar-refractivity contribution >= 4 is 5.91 Å². The zero-order chi connectivity index (χ0) is 14.1. The van der Waals surface area contributed by atoms with Gasteiger partial charge in [0.25, 0.3) is 0 Å². The van der Waals surface area contributed by atoms with E-state index in [9.17, 15) is 4.79 Å². The summed E-state index contributed by atoms with van der Waals surface area (Å²) in [6.07, 6.45) is 5.07. The number of benzene rings is 1. The molecule has 19 heavy (non-hydrogen) atoms. The molecule has 0 saturated heterocycles. The molecule has 0 aliphatic heterocycles. The van der Waals surface area contributed by atoms with Crippen molar-refractivity contribution in [1.82, 2.24) is 10.6 Å². The second kappa shape index (κ2) is 8.01. The molecule has 2 N–H and O–H groups in total. The van der Waals surface area contributed by atoms with Gasteiger partial charge in [0.1, 0.15) is 0 Å². The molecule has 1 rings (SSSR count). The number of rotatable bonds is 7. The Kier molecular flexibility index (Phi) is 6.27. The topological polar surface area (TPSA) is 59.6 Å². The maximum Gasteiger partial charge on any atom is 0.234 e. The van der Waals surface area contributed by atoms with Gasteiger partial charge in [-0.15, -0.1) is 6.42 Å². The summed E-state index contributed by atoms with van der Waals surface area (Å²) in [7, 11) is 3.15. The molecule has 0 radical (unpaired) electrons. The average Bonchev–Trinajstić information content (AvgIpc) is 2.45. The summed E-state index contributed by atoms with van der Waals surface area (Å²) < 4.78 is 10.3. The molecule has 0 aromatic heterocycles. The largest absolute Gasteiger partial charge is 0.493 e. The van der Waals surface area contributed by atoms with Crippen LogP contribution in [0.15, 0.2) is 18.2 Å². The molecule has 0 unspecified atom stereocenters. The van der Waals surface area contributed by atoms with Crippen LogP contribution in [0.1, 0.15) is 5.56 Å². The zero-order valence-electron chi connectivity index (χ0n) is 11.2. The molecule has 5 heteroatoms. The van der Waals surface area contributed by atoms with E-state index in [2.05, 4.69) is 16.6 Å². The molecule has 0 aliphatic carbocycles. The second-order valence-electron chi connectivity index (χ2n) is 3.77. The van der Waals surface area contributed by atoms with Crippen molar-refractivity contribution in [3.05, 3.63) is 23.8 Å². The van der Waals surface area contributed by atoms with Gasteiger partial charge in [-0.1, -0.05) is 12.0 Å². The maximum absolute atomic E-state index is 11.5. The van der Waals surface area contributed by atoms with E-state index < -0.39 is 0 Å². The van der Waals surface area contributed by atoms with E-state index in [0.717, 1.165) is 5.56 Å². The Labute approximate surface area is 113 Å². The monoisotopic (exact) mass is 262 g/mol. The van der Waals surface area contributed by atoms with E-state index in [4.69, 9.17) is 15.9 Å². The van der Waals surface area contributed by atoms with Crippen molar-refractivity contribution in [1.29, 1.82) is 0 Å². The summed E-state index contributed by atoms with van der Waals surface area (Å²) in [5.74, 6) is 3.60. The van der Waals surface area contributed by atoms with Crippen LogP contribution in [-0.4, -0.2) is 33.2 Å². The minimum atomic E-state index is -0.106. The zero-order valence-corrected chi connectivity index (χ0v) is 11.2. The van der Waals surface area contributed by atoms with Gasteiger partial charge in [0.15, 0.2) is 11.5 Å². The number of hydrogen-bond donors (Lipinski definition) is 2. The number of terminal acetylenes is 1. The highest BCUT2D eigenvalue weighted by Crippen LogP contribution is 2.27. The fourth-order valence-electron chi connectivity index (χ4n) is 1.50. The van der Waals surface area contributed by atoms with Crippen molar-refractivity contribution in [3.63, 3.8) is 0 Å². The molecule has 0 saturated carbocycles. The normalized spacial score (nSPS) is 9.53. The van der Waals surface area contributed by atoms with E-state index >= 15 is 0 Å². The Bertz CT molecular complexity index is 466. The number of methoxy groups -OCH3 is 2. The second-order valence-corrected chi connectivity index (χ2v) is 3.77. The molecule has 5 nitrogen and oxygen atoms in total. The summed E-state index contributed by atoms with van der Waals surface area (Å²) in [4.78, 5) is 11.5. The van der Waals surface area contributed by atoms with Crippen LogP contribution in [0.2, 0.25) is 0 Å². The lowest BCUT2D eigenvalue weighted by Crippen LogP contribution is -2.33. The third-order valence-electron chi connectivity index (χ3n) is 2.45. The van der Waals surface area contributed by atoms with Gasteiger partial charge in [0.2, 0.25) is 5.91 Å². The number of amides is 1. The first-order chi connectivity index (χ1) is 9.21. The maximum atomic E-state index is 11.5. The van der Waals surface area contributed by atoms with Crippen molar-refractivity contribution < 1.29 is 14.3 Å². The highest BCUT2D eigenvalue weighted by atomic mass is 16.5. The quantitative estimate of drug-likeness (QED) is 0.556.